The van der Waals surface area contributed by atoms with Gasteiger partial charge in [0.05, 0.1) is 16.1 Å². The van der Waals surface area contributed by atoms with Crippen molar-refractivity contribution in [2.45, 2.75) is 71.1 Å². The molecule has 0 aromatic carbocycles. The largest absolute Gasteiger partial charge is 0.437 e. The van der Waals surface area contributed by atoms with Crippen molar-refractivity contribution in [1.29, 1.82) is 0 Å². The predicted molar refractivity (Wildman–Crippen MR) is 113 cm³/mol. The molecule has 0 saturated carbocycles. The number of hydrogen-bond donors (Lipinski definition) is 0. The normalized spacial score (nSPS) is 14.4. The highest BCUT2D eigenvalue weighted by Crippen LogP contribution is 2.33. The number of carbonyl (C=O) groups is 1. The number of ether oxygens (including phenoxy) is 2. The van der Waals surface area contributed by atoms with Crippen LogP contribution in [-0.2, 0) is 28.1 Å². The van der Waals surface area contributed by atoms with Crippen LogP contribution in [0.5, 0.6) is 5.88 Å². The highest BCUT2D eigenvalue weighted by Gasteiger charge is 2.27. The maximum absolute atomic E-state index is 12.1. The van der Waals surface area contributed by atoms with Crippen molar-refractivity contribution in [2.24, 2.45) is 5.41 Å². The number of nitrogens with zero attached hydrogens (tertiary/aromatic N) is 3. The van der Waals surface area contributed by atoms with E-state index in [0.717, 1.165) is 41.6 Å². The van der Waals surface area contributed by atoms with Crippen molar-refractivity contribution in [3.63, 3.8) is 0 Å². The zero-order chi connectivity index (χ0) is 21.2. The van der Waals surface area contributed by atoms with E-state index in [1.165, 1.54) is 11.8 Å². The van der Waals surface area contributed by atoms with E-state index in [9.17, 15) is 4.79 Å². The van der Waals surface area contributed by atoms with Crippen LogP contribution in [0.15, 0.2) is 17.6 Å². The Bertz CT molecular complexity index is 895. The molecule has 0 N–H and O–H groups in total. The van der Waals surface area contributed by atoms with Gasteiger partial charge in [-0.1, -0.05) is 23.4 Å². The Morgan fingerprint density at radius 1 is 1.28 bits per heavy atom. The number of esters is 1. The zero-order valence-corrected chi connectivity index (χ0v) is 19.0. The van der Waals surface area contributed by atoms with E-state index >= 15 is 0 Å². The van der Waals surface area contributed by atoms with Crippen molar-refractivity contribution in [3.05, 3.63) is 39.8 Å². The van der Waals surface area contributed by atoms with Gasteiger partial charge >= 0.3 is 5.97 Å². The fourth-order valence-electron chi connectivity index (χ4n) is 2.93. The number of aryl methyl sites for hydroxylation is 2. The molecule has 1 unspecified atom stereocenters. The third-order valence-electron chi connectivity index (χ3n) is 4.60. The number of carbonyl (C=O) groups excluding carboxylic acids is 1. The molecule has 0 spiro atoms. The average Bonchev–Trinajstić information content (AvgIpc) is 3.09. The first-order valence-electron chi connectivity index (χ1n) is 9.64. The van der Waals surface area contributed by atoms with Gasteiger partial charge in [0.15, 0.2) is 5.16 Å². The fourth-order valence-corrected chi connectivity index (χ4v) is 4.26. The quantitative estimate of drug-likeness (QED) is 0.275. The Kier molecular flexibility index (Phi) is 6.69. The molecule has 0 fully saturated rings. The smallest absolute Gasteiger partial charge is 0.314 e. The van der Waals surface area contributed by atoms with E-state index in [2.05, 4.69) is 9.97 Å². The second-order valence-corrected chi connectivity index (χ2v) is 9.49. The minimum absolute atomic E-state index is 0.312. The third-order valence-corrected chi connectivity index (χ3v) is 5.80. The Balaban J connectivity index is 1.76. The first kappa shape index (κ1) is 21.8. The van der Waals surface area contributed by atoms with Crippen LogP contribution in [0.2, 0.25) is 5.02 Å². The van der Waals surface area contributed by atoms with E-state index in [4.69, 9.17) is 26.1 Å². The SMILES string of the molecule is Cc1cncc(Cl)c1CSc1nc2c(c(OC(C)OC(=O)C(C)(C)C)n1)CCC2. The second-order valence-electron chi connectivity index (χ2n) is 8.14. The summed E-state index contributed by atoms with van der Waals surface area (Å²) in [4.78, 5) is 25.5. The van der Waals surface area contributed by atoms with Crippen LogP contribution in [0.1, 0.15) is 56.5 Å². The highest BCUT2D eigenvalue weighted by molar-refractivity contribution is 7.98. The van der Waals surface area contributed by atoms with Gasteiger partial charge in [-0.25, -0.2) is 4.98 Å². The van der Waals surface area contributed by atoms with Crippen molar-refractivity contribution in [2.75, 3.05) is 0 Å². The Hall–Kier alpha value is -1.86. The zero-order valence-electron chi connectivity index (χ0n) is 17.4. The maximum Gasteiger partial charge on any atom is 0.314 e. The molecule has 3 rings (SSSR count). The Morgan fingerprint density at radius 2 is 2.03 bits per heavy atom. The molecule has 2 aromatic heterocycles. The number of aromatic nitrogens is 3. The molecule has 0 bridgehead atoms. The monoisotopic (exact) mass is 435 g/mol. The minimum Gasteiger partial charge on any atom is -0.437 e. The molecule has 0 radical (unpaired) electrons. The van der Waals surface area contributed by atoms with Crippen LogP contribution in [0, 0.1) is 12.3 Å². The van der Waals surface area contributed by atoms with Crippen molar-refractivity contribution in [1.82, 2.24) is 15.0 Å². The molecule has 2 heterocycles. The van der Waals surface area contributed by atoms with Crippen LogP contribution in [0.3, 0.4) is 0 Å². The summed E-state index contributed by atoms with van der Waals surface area (Å²) in [6.45, 7) is 9.13. The lowest BCUT2D eigenvalue weighted by Crippen LogP contribution is -2.30. The minimum atomic E-state index is -0.726. The number of halogens is 1. The van der Waals surface area contributed by atoms with Gasteiger partial charge in [-0.2, -0.15) is 4.98 Å². The van der Waals surface area contributed by atoms with Gasteiger partial charge in [-0.3, -0.25) is 9.78 Å². The van der Waals surface area contributed by atoms with E-state index in [0.29, 0.717) is 21.8 Å². The van der Waals surface area contributed by atoms with Crippen molar-refractivity contribution < 1.29 is 14.3 Å². The van der Waals surface area contributed by atoms with E-state index in [1.807, 2.05) is 27.7 Å². The summed E-state index contributed by atoms with van der Waals surface area (Å²) in [5, 5.41) is 1.26. The molecule has 2 aromatic rings. The summed E-state index contributed by atoms with van der Waals surface area (Å²) in [6.07, 6.45) is 5.49. The molecule has 6 nitrogen and oxygen atoms in total. The summed E-state index contributed by atoms with van der Waals surface area (Å²) < 4.78 is 11.3. The van der Waals surface area contributed by atoms with Gasteiger partial charge in [0, 0.05) is 30.6 Å². The van der Waals surface area contributed by atoms with Crippen LogP contribution in [0.4, 0.5) is 0 Å². The lowest BCUT2D eigenvalue weighted by molar-refractivity contribution is -0.171. The molecule has 0 amide bonds. The standard InChI is InChI=1S/C21H26ClN3O3S/c1-12-9-23-10-16(22)15(12)11-29-20-24-17-8-6-7-14(17)18(25-20)27-13(2)28-19(26)21(3,4)5/h9-10,13H,6-8,11H2,1-5H3. The van der Waals surface area contributed by atoms with E-state index < -0.39 is 11.7 Å². The number of rotatable bonds is 6. The summed E-state index contributed by atoms with van der Waals surface area (Å²) in [6, 6.07) is 0. The van der Waals surface area contributed by atoms with E-state index in [-0.39, 0.29) is 5.97 Å². The second kappa shape index (κ2) is 8.88. The number of fused-ring (bicyclic) bond motifs is 1. The lowest BCUT2D eigenvalue weighted by Gasteiger charge is -2.22. The van der Waals surface area contributed by atoms with Crippen molar-refractivity contribution in [3.8, 4) is 5.88 Å². The first-order chi connectivity index (χ1) is 13.6. The van der Waals surface area contributed by atoms with Crippen LogP contribution >= 0.6 is 23.4 Å². The van der Waals surface area contributed by atoms with Gasteiger partial charge in [0.2, 0.25) is 12.2 Å². The maximum atomic E-state index is 12.1. The van der Waals surface area contributed by atoms with Gasteiger partial charge in [-0.05, 0) is 58.1 Å². The molecule has 156 valence electrons. The number of pyridine rings is 1. The molecule has 1 aliphatic rings. The molecular formula is C21H26ClN3O3S. The molecule has 29 heavy (non-hydrogen) atoms. The van der Waals surface area contributed by atoms with Gasteiger partial charge in [0.25, 0.3) is 0 Å². The highest BCUT2D eigenvalue weighted by atomic mass is 35.5. The summed E-state index contributed by atoms with van der Waals surface area (Å²) in [5.74, 6) is 0.829. The third kappa shape index (κ3) is 5.39. The van der Waals surface area contributed by atoms with E-state index in [1.54, 1.807) is 19.3 Å². The van der Waals surface area contributed by atoms with Crippen LogP contribution in [0.25, 0.3) is 0 Å². The Labute approximate surface area is 180 Å². The number of hydrogen-bond acceptors (Lipinski definition) is 7. The Morgan fingerprint density at radius 3 is 2.72 bits per heavy atom. The summed E-state index contributed by atoms with van der Waals surface area (Å²) >= 11 is 7.79. The fraction of sp³-hybridized carbons (Fsp3) is 0.524. The topological polar surface area (TPSA) is 74.2 Å². The summed E-state index contributed by atoms with van der Waals surface area (Å²) in [7, 11) is 0. The molecular weight excluding hydrogens is 410 g/mol. The van der Waals surface area contributed by atoms with Crippen LogP contribution in [-0.4, -0.2) is 27.2 Å². The summed E-state index contributed by atoms with van der Waals surface area (Å²) in [5.41, 5.74) is 3.47. The lowest BCUT2D eigenvalue weighted by atomic mass is 9.97. The molecule has 0 aliphatic heterocycles. The molecule has 8 heteroatoms. The van der Waals surface area contributed by atoms with Crippen molar-refractivity contribution >= 4 is 29.3 Å². The van der Waals surface area contributed by atoms with Crippen LogP contribution < -0.4 is 4.74 Å². The number of thioether (sulfide) groups is 1. The molecule has 0 saturated heterocycles. The predicted octanol–water partition coefficient (Wildman–Crippen LogP) is 4.93. The van der Waals surface area contributed by atoms with Gasteiger partial charge in [0.1, 0.15) is 0 Å². The van der Waals surface area contributed by atoms with Gasteiger partial charge in [-0.15, -0.1) is 0 Å². The molecule has 1 aliphatic carbocycles. The molecule has 1 atom stereocenters. The average molecular weight is 436 g/mol. The first-order valence-corrected chi connectivity index (χ1v) is 11.0. The van der Waals surface area contributed by atoms with Gasteiger partial charge < -0.3 is 9.47 Å².